The molecule has 2 atom stereocenters. The van der Waals surface area contributed by atoms with Gasteiger partial charge in [0.2, 0.25) is 0 Å². The molecule has 1 aromatic rings. The molecule has 2 unspecified atom stereocenters. The average Bonchev–Trinajstić information content (AvgIpc) is 2.86. The summed E-state index contributed by atoms with van der Waals surface area (Å²) in [6.45, 7) is 2.17. The first-order chi connectivity index (χ1) is 9.62. The highest BCUT2D eigenvalue weighted by Gasteiger charge is 2.24. The molecule has 1 aliphatic rings. The Balaban J connectivity index is 2.05. The average molecular weight is 296 g/mol. The molecule has 0 aromatic heterocycles. The molecule has 4 N–H and O–H groups in total. The molecule has 20 heavy (non-hydrogen) atoms. The van der Waals surface area contributed by atoms with E-state index in [9.17, 15) is 10.1 Å². The maximum atomic E-state index is 10.9. The third-order valence-corrected chi connectivity index (χ3v) is 4.69. The van der Waals surface area contributed by atoms with Gasteiger partial charge in [-0.05, 0) is 31.1 Å². The number of hydrogen-bond acceptors (Lipinski definition) is 6. The van der Waals surface area contributed by atoms with E-state index in [1.54, 1.807) is 12.1 Å². The number of nitro groups is 1. The second-order valence-corrected chi connectivity index (χ2v) is 6.48. The van der Waals surface area contributed by atoms with Gasteiger partial charge in [0, 0.05) is 29.1 Å². The lowest BCUT2D eigenvalue weighted by molar-refractivity contribution is -0.384. The van der Waals surface area contributed by atoms with Crippen LogP contribution in [0.25, 0.3) is 0 Å². The number of hydrazine groups is 1. The standard InChI is InChI=1S/C13H20N4O2S/c1-2-20-13-4-3-9(8-13)15-10-5-11(16-14)7-12(6-10)17(18)19/h5-7,9,13,15-16H,2-4,8,14H2,1H3. The molecule has 1 aromatic carbocycles. The molecule has 110 valence electrons. The molecule has 1 aliphatic carbocycles. The first-order valence-electron chi connectivity index (χ1n) is 6.76. The van der Waals surface area contributed by atoms with Crippen LogP contribution in [0.1, 0.15) is 26.2 Å². The van der Waals surface area contributed by atoms with Gasteiger partial charge in [0.15, 0.2) is 0 Å². The van der Waals surface area contributed by atoms with Crippen molar-refractivity contribution in [2.75, 3.05) is 16.5 Å². The normalized spacial score (nSPS) is 21.7. The van der Waals surface area contributed by atoms with E-state index in [0.717, 1.165) is 24.3 Å². The molecule has 0 heterocycles. The van der Waals surface area contributed by atoms with Gasteiger partial charge in [-0.1, -0.05) is 6.92 Å². The maximum Gasteiger partial charge on any atom is 0.273 e. The lowest BCUT2D eigenvalue weighted by atomic mass is 10.2. The van der Waals surface area contributed by atoms with Gasteiger partial charge in [0.1, 0.15) is 0 Å². The van der Waals surface area contributed by atoms with E-state index in [0.29, 0.717) is 17.0 Å². The van der Waals surface area contributed by atoms with Gasteiger partial charge in [-0.2, -0.15) is 11.8 Å². The number of benzene rings is 1. The molecular weight excluding hydrogens is 276 g/mol. The molecule has 0 bridgehead atoms. The minimum atomic E-state index is -0.406. The van der Waals surface area contributed by atoms with Crippen LogP contribution < -0.4 is 16.6 Å². The molecule has 1 saturated carbocycles. The Bertz CT molecular complexity index is 483. The summed E-state index contributed by atoms with van der Waals surface area (Å²) in [4.78, 5) is 10.5. The highest BCUT2D eigenvalue weighted by Crippen LogP contribution is 2.32. The highest BCUT2D eigenvalue weighted by molar-refractivity contribution is 7.99. The summed E-state index contributed by atoms with van der Waals surface area (Å²) in [7, 11) is 0. The summed E-state index contributed by atoms with van der Waals surface area (Å²) in [5.41, 5.74) is 3.80. The fourth-order valence-electron chi connectivity index (χ4n) is 2.58. The van der Waals surface area contributed by atoms with Gasteiger partial charge in [0.05, 0.1) is 10.6 Å². The highest BCUT2D eigenvalue weighted by atomic mass is 32.2. The van der Waals surface area contributed by atoms with Crippen LogP contribution in [0.15, 0.2) is 18.2 Å². The van der Waals surface area contributed by atoms with E-state index >= 15 is 0 Å². The van der Waals surface area contributed by atoms with E-state index < -0.39 is 4.92 Å². The van der Waals surface area contributed by atoms with E-state index in [1.807, 2.05) is 11.8 Å². The molecule has 1 fully saturated rings. The van der Waals surface area contributed by atoms with Crippen molar-refractivity contribution in [2.45, 2.75) is 37.5 Å². The molecule has 0 radical (unpaired) electrons. The fourth-order valence-corrected chi connectivity index (χ4v) is 3.72. The number of nitrogen functional groups attached to an aromatic ring is 1. The van der Waals surface area contributed by atoms with Crippen molar-refractivity contribution >= 4 is 28.8 Å². The van der Waals surface area contributed by atoms with Gasteiger partial charge < -0.3 is 10.7 Å². The number of nitrogens with zero attached hydrogens (tertiary/aromatic N) is 1. The lowest BCUT2D eigenvalue weighted by Gasteiger charge is -2.15. The number of non-ortho nitro benzene ring substituents is 1. The van der Waals surface area contributed by atoms with Gasteiger partial charge in [-0.3, -0.25) is 16.0 Å². The zero-order valence-electron chi connectivity index (χ0n) is 11.5. The minimum absolute atomic E-state index is 0.0421. The quantitative estimate of drug-likeness (QED) is 0.424. The van der Waals surface area contributed by atoms with Crippen molar-refractivity contribution in [1.29, 1.82) is 0 Å². The Morgan fingerprint density at radius 2 is 2.15 bits per heavy atom. The summed E-state index contributed by atoms with van der Waals surface area (Å²) < 4.78 is 0. The molecule has 6 nitrogen and oxygen atoms in total. The van der Waals surface area contributed by atoms with Gasteiger partial charge >= 0.3 is 0 Å². The van der Waals surface area contributed by atoms with Crippen LogP contribution in [0.3, 0.4) is 0 Å². The number of anilines is 2. The second-order valence-electron chi connectivity index (χ2n) is 4.90. The van der Waals surface area contributed by atoms with Gasteiger partial charge in [-0.15, -0.1) is 0 Å². The van der Waals surface area contributed by atoms with Crippen molar-refractivity contribution in [3.63, 3.8) is 0 Å². The van der Waals surface area contributed by atoms with Crippen LogP contribution in [0.2, 0.25) is 0 Å². The second kappa shape index (κ2) is 6.81. The summed E-state index contributed by atoms with van der Waals surface area (Å²) in [5.74, 6) is 6.49. The number of nitro benzene ring substituents is 1. The number of nitrogens with one attached hydrogen (secondary N) is 2. The predicted octanol–water partition coefficient (Wildman–Crippen LogP) is 2.97. The smallest absolute Gasteiger partial charge is 0.273 e. The SMILES string of the molecule is CCSC1CCC(Nc2cc(NN)cc([N+](=O)[O-])c2)C1. The number of rotatable bonds is 6. The fraction of sp³-hybridized carbons (Fsp3) is 0.538. The van der Waals surface area contributed by atoms with Crippen LogP contribution in [0.4, 0.5) is 17.1 Å². The molecule has 0 spiro atoms. The minimum Gasteiger partial charge on any atom is -0.382 e. The van der Waals surface area contributed by atoms with Crippen molar-refractivity contribution in [3.8, 4) is 0 Å². The summed E-state index contributed by atoms with van der Waals surface area (Å²) in [6, 6.07) is 5.16. The van der Waals surface area contributed by atoms with E-state index in [1.165, 1.54) is 12.5 Å². The number of thioether (sulfide) groups is 1. The van der Waals surface area contributed by atoms with Crippen molar-refractivity contribution < 1.29 is 4.92 Å². The third-order valence-electron chi connectivity index (χ3n) is 3.45. The summed E-state index contributed by atoms with van der Waals surface area (Å²) in [6.07, 6.45) is 3.41. The van der Waals surface area contributed by atoms with Crippen molar-refractivity contribution in [3.05, 3.63) is 28.3 Å². The molecule has 2 rings (SSSR count). The predicted molar refractivity (Wildman–Crippen MR) is 84.1 cm³/mol. The maximum absolute atomic E-state index is 10.9. The van der Waals surface area contributed by atoms with Gasteiger partial charge in [0.25, 0.3) is 5.69 Å². The molecule has 0 aliphatic heterocycles. The number of hydrogen-bond donors (Lipinski definition) is 3. The lowest BCUT2D eigenvalue weighted by Crippen LogP contribution is -2.16. The summed E-state index contributed by atoms with van der Waals surface area (Å²) >= 11 is 1.99. The van der Waals surface area contributed by atoms with Crippen molar-refractivity contribution in [1.82, 2.24) is 0 Å². The van der Waals surface area contributed by atoms with Crippen molar-refractivity contribution in [2.24, 2.45) is 5.84 Å². The third kappa shape index (κ3) is 3.77. The Morgan fingerprint density at radius 3 is 2.80 bits per heavy atom. The van der Waals surface area contributed by atoms with Crippen LogP contribution in [0, 0.1) is 10.1 Å². The Labute approximate surface area is 122 Å². The number of nitrogens with two attached hydrogens (primary N) is 1. The van der Waals surface area contributed by atoms with E-state index in [4.69, 9.17) is 5.84 Å². The first-order valence-corrected chi connectivity index (χ1v) is 7.81. The molecule has 0 amide bonds. The Hall–Kier alpha value is -1.47. The molecular formula is C13H20N4O2S. The first kappa shape index (κ1) is 14.9. The van der Waals surface area contributed by atoms with Crippen LogP contribution in [0.5, 0.6) is 0 Å². The van der Waals surface area contributed by atoms with Crippen LogP contribution in [-0.2, 0) is 0 Å². The van der Waals surface area contributed by atoms with Crippen LogP contribution >= 0.6 is 11.8 Å². The Kier molecular flexibility index (Phi) is 5.08. The Morgan fingerprint density at radius 1 is 1.40 bits per heavy atom. The largest absolute Gasteiger partial charge is 0.382 e. The van der Waals surface area contributed by atoms with E-state index in [-0.39, 0.29) is 5.69 Å². The van der Waals surface area contributed by atoms with Gasteiger partial charge in [-0.25, -0.2) is 0 Å². The molecule has 7 heteroatoms. The van der Waals surface area contributed by atoms with E-state index in [2.05, 4.69) is 17.7 Å². The zero-order chi connectivity index (χ0) is 14.5. The molecule has 0 saturated heterocycles. The summed E-state index contributed by atoms with van der Waals surface area (Å²) in [5, 5.41) is 15.0. The topological polar surface area (TPSA) is 93.2 Å². The monoisotopic (exact) mass is 296 g/mol. The van der Waals surface area contributed by atoms with Crippen LogP contribution in [-0.4, -0.2) is 22.0 Å². The zero-order valence-corrected chi connectivity index (χ0v) is 12.3.